The lowest BCUT2D eigenvalue weighted by Gasteiger charge is -2.37. The first-order valence-corrected chi connectivity index (χ1v) is 7.67. The molecule has 2 unspecified atom stereocenters. The first-order chi connectivity index (χ1) is 9.24. The first kappa shape index (κ1) is 11.8. The van der Waals surface area contributed by atoms with E-state index in [1.165, 1.54) is 0 Å². The summed E-state index contributed by atoms with van der Waals surface area (Å²) in [7, 11) is 0. The van der Waals surface area contributed by atoms with Crippen LogP contribution in [0.15, 0.2) is 17.2 Å². The van der Waals surface area contributed by atoms with Gasteiger partial charge in [-0.05, 0) is 38.5 Å². The van der Waals surface area contributed by atoms with E-state index in [9.17, 15) is 4.79 Å². The lowest BCUT2D eigenvalue weighted by molar-refractivity contribution is 0.466. The number of halogens is 1. The van der Waals surface area contributed by atoms with Gasteiger partial charge >= 0.3 is 0 Å². The number of aromatic nitrogens is 2. The minimum Gasteiger partial charge on any atom is -0.346 e. The van der Waals surface area contributed by atoms with Crippen LogP contribution in [0.3, 0.4) is 0 Å². The van der Waals surface area contributed by atoms with Gasteiger partial charge in [-0.15, -0.1) is 11.6 Å². The quantitative estimate of drug-likeness (QED) is 0.780. The number of hydrogen-bond donors (Lipinski definition) is 0. The Hall–Kier alpha value is -1.03. The van der Waals surface area contributed by atoms with Crippen molar-refractivity contribution in [3.05, 3.63) is 22.7 Å². The Labute approximate surface area is 117 Å². The minimum atomic E-state index is 0.0925. The van der Waals surface area contributed by atoms with Crippen LogP contribution in [0.1, 0.15) is 44.6 Å². The van der Waals surface area contributed by atoms with Gasteiger partial charge < -0.3 is 9.47 Å². The van der Waals surface area contributed by atoms with E-state index in [4.69, 9.17) is 11.6 Å². The van der Waals surface area contributed by atoms with Crippen molar-refractivity contribution < 1.29 is 0 Å². The molecule has 1 saturated carbocycles. The zero-order chi connectivity index (χ0) is 13.0. The predicted octanol–water partition coefficient (Wildman–Crippen LogP) is 2.32. The van der Waals surface area contributed by atoms with Crippen LogP contribution in [-0.2, 0) is 0 Å². The summed E-state index contributed by atoms with van der Waals surface area (Å²) in [6, 6.07) is 1.24. The summed E-state index contributed by atoms with van der Waals surface area (Å²) in [6.45, 7) is 0. The second-order valence-corrected chi connectivity index (χ2v) is 6.67. The summed E-state index contributed by atoms with van der Waals surface area (Å²) in [5, 5.41) is 0.267. The zero-order valence-electron chi connectivity index (χ0n) is 10.8. The molecule has 0 aromatic carbocycles. The highest BCUT2D eigenvalue weighted by Crippen LogP contribution is 2.39. The van der Waals surface area contributed by atoms with Crippen molar-refractivity contribution >= 4 is 17.4 Å². The monoisotopic (exact) mass is 279 g/mol. The molecule has 0 amide bonds. The summed E-state index contributed by atoms with van der Waals surface area (Å²) in [4.78, 5) is 19.2. The fraction of sp³-hybridized carbons (Fsp3) is 0.714. The van der Waals surface area contributed by atoms with Crippen LogP contribution >= 0.6 is 11.6 Å². The molecule has 0 N–H and O–H groups in total. The van der Waals surface area contributed by atoms with Gasteiger partial charge in [0.05, 0.1) is 0 Å². The summed E-state index contributed by atoms with van der Waals surface area (Å²) < 4.78 is 1.87. The Balaban J connectivity index is 1.73. The van der Waals surface area contributed by atoms with E-state index in [1.54, 1.807) is 6.20 Å². The first-order valence-electron chi connectivity index (χ1n) is 7.23. The van der Waals surface area contributed by atoms with Crippen molar-refractivity contribution in [1.29, 1.82) is 0 Å². The number of anilines is 1. The average molecular weight is 280 g/mol. The molecule has 3 heterocycles. The molecule has 3 fully saturated rings. The third-order valence-electron chi connectivity index (χ3n) is 4.71. The molecule has 1 aliphatic carbocycles. The topological polar surface area (TPSA) is 38.1 Å². The number of piperidine rings is 1. The molecule has 0 radical (unpaired) electrons. The molecule has 1 aromatic rings. The van der Waals surface area contributed by atoms with Gasteiger partial charge in [0, 0.05) is 35.9 Å². The summed E-state index contributed by atoms with van der Waals surface area (Å²) in [6.07, 6.45) is 10.1. The van der Waals surface area contributed by atoms with Crippen LogP contribution in [0.2, 0.25) is 0 Å². The normalized spacial score (nSPS) is 33.7. The highest BCUT2D eigenvalue weighted by Gasteiger charge is 2.42. The van der Waals surface area contributed by atoms with Gasteiger partial charge in [-0.25, -0.2) is 4.98 Å². The Morgan fingerprint density at radius 1 is 1.11 bits per heavy atom. The third-order valence-corrected chi connectivity index (χ3v) is 5.07. The van der Waals surface area contributed by atoms with Crippen LogP contribution in [0.5, 0.6) is 0 Å². The van der Waals surface area contributed by atoms with Gasteiger partial charge in [-0.2, -0.15) is 0 Å². The van der Waals surface area contributed by atoms with Crippen molar-refractivity contribution in [2.75, 3.05) is 4.90 Å². The minimum absolute atomic E-state index is 0.0925. The lowest BCUT2D eigenvalue weighted by Crippen LogP contribution is -2.47. The third kappa shape index (κ3) is 1.88. The van der Waals surface area contributed by atoms with Crippen molar-refractivity contribution in [3.63, 3.8) is 0 Å². The highest BCUT2D eigenvalue weighted by atomic mass is 35.5. The predicted molar refractivity (Wildman–Crippen MR) is 74.9 cm³/mol. The maximum absolute atomic E-state index is 12.6. The highest BCUT2D eigenvalue weighted by molar-refractivity contribution is 6.20. The Kier molecular flexibility index (Phi) is 2.62. The second kappa shape index (κ2) is 4.23. The molecule has 0 spiro atoms. The molecule has 102 valence electrons. The maximum atomic E-state index is 12.6. The standard InChI is InChI=1S/C14H18ClN3O/c15-9-7-11-3-4-12(8-9)18(11)13-14(19)17(6-5-16-13)10-1-2-10/h5-6,9-12H,1-4,7-8H2. The number of alkyl halides is 1. The Morgan fingerprint density at radius 3 is 2.37 bits per heavy atom. The molecular formula is C14H18ClN3O. The van der Waals surface area contributed by atoms with Gasteiger partial charge in [0.2, 0.25) is 0 Å². The molecule has 4 nitrogen and oxygen atoms in total. The number of fused-ring (bicyclic) bond motifs is 2. The van der Waals surface area contributed by atoms with E-state index in [0.717, 1.165) is 38.5 Å². The van der Waals surface area contributed by atoms with Crippen LogP contribution < -0.4 is 10.5 Å². The number of rotatable bonds is 2. The molecular weight excluding hydrogens is 262 g/mol. The van der Waals surface area contributed by atoms with Gasteiger partial charge in [-0.3, -0.25) is 4.79 Å². The van der Waals surface area contributed by atoms with Crippen LogP contribution in [-0.4, -0.2) is 27.0 Å². The molecule has 19 heavy (non-hydrogen) atoms. The van der Waals surface area contributed by atoms with Gasteiger partial charge in [-0.1, -0.05) is 0 Å². The number of hydrogen-bond acceptors (Lipinski definition) is 3. The fourth-order valence-electron chi connectivity index (χ4n) is 3.69. The summed E-state index contributed by atoms with van der Waals surface area (Å²) in [5.41, 5.74) is 0.0925. The zero-order valence-corrected chi connectivity index (χ0v) is 11.6. The molecule has 2 aliphatic heterocycles. The van der Waals surface area contributed by atoms with E-state index in [0.29, 0.717) is 23.9 Å². The van der Waals surface area contributed by atoms with Crippen LogP contribution in [0.4, 0.5) is 5.82 Å². The van der Waals surface area contributed by atoms with E-state index < -0.39 is 0 Å². The van der Waals surface area contributed by atoms with E-state index in [-0.39, 0.29) is 10.9 Å². The van der Waals surface area contributed by atoms with Crippen molar-refractivity contribution in [2.24, 2.45) is 0 Å². The molecule has 4 rings (SSSR count). The molecule has 2 saturated heterocycles. The van der Waals surface area contributed by atoms with E-state index >= 15 is 0 Å². The lowest BCUT2D eigenvalue weighted by atomic mass is 10.0. The smallest absolute Gasteiger partial charge is 0.293 e. The maximum Gasteiger partial charge on any atom is 0.293 e. The number of nitrogens with zero attached hydrogens (tertiary/aromatic N) is 3. The summed E-state index contributed by atoms with van der Waals surface area (Å²) in [5.74, 6) is 0.658. The van der Waals surface area contributed by atoms with Gasteiger partial charge in [0.25, 0.3) is 5.56 Å². The fourth-order valence-corrected chi connectivity index (χ4v) is 4.10. The summed E-state index contributed by atoms with van der Waals surface area (Å²) >= 11 is 6.30. The average Bonchev–Trinajstić information content (AvgIpc) is 3.17. The van der Waals surface area contributed by atoms with Crippen molar-refractivity contribution in [1.82, 2.24) is 9.55 Å². The molecule has 2 atom stereocenters. The molecule has 3 aliphatic rings. The second-order valence-electron chi connectivity index (χ2n) is 6.06. The molecule has 5 heteroatoms. The van der Waals surface area contributed by atoms with Crippen LogP contribution in [0.25, 0.3) is 0 Å². The SMILES string of the molecule is O=c1c(N2C3CCC2CC(Cl)C3)nccn1C1CC1. The van der Waals surface area contributed by atoms with E-state index in [1.807, 2.05) is 10.8 Å². The van der Waals surface area contributed by atoms with Crippen molar-refractivity contribution in [3.8, 4) is 0 Å². The largest absolute Gasteiger partial charge is 0.346 e. The molecule has 2 bridgehead atoms. The van der Waals surface area contributed by atoms with Gasteiger partial charge in [0.15, 0.2) is 5.82 Å². The Morgan fingerprint density at radius 2 is 1.74 bits per heavy atom. The van der Waals surface area contributed by atoms with Gasteiger partial charge in [0.1, 0.15) is 0 Å². The molecule has 1 aromatic heterocycles. The van der Waals surface area contributed by atoms with E-state index in [2.05, 4.69) is 9.88 Å². The van der Waals surface area contributed by atoms with Crippen LogP contribution in [0, 0.1) is 0 Å². The Bertz CT molecular complexity index is 540. The van der Waals surface area contributed by atoms with Crippen molar-refractivity contribution in [2.45, 2.75) is 62.0 Å².